The van der Waals surface area contributed by atoms with Crippen LogP contribution < -0.4 is 5.32 Å². The van der Waals surface area contributed by atoms with E-state index in [0.717, 1.165) is 32.3 Å². The van der Waals surface area contributed by atoms with Crippen LogP contribution in [0.2, 0.25) is 0 Å². The highest BCUT2D eigenvalue weighted by Crippen LogP contribution is 2.34. The first-order chi connectivity index (χ1) is 11.0. The Labute approximate surface area is 142 Å². The fourth-order valence-electron chi connectivity index (χ4n) is 2.30. The van der Waals surface area contributed by atoms with Crippen molar-refractivity contribution in [2.75, 3.05) is 11.1 Å². The molecule has 8 heteroatoms. The van der Waals surface area contributed by atoms with Gasteiger partial charge < -0.3 is 5.32 Å². The second-order valence-electron chi connectivity index (χ2n) is 5.29. The molecule has 3 heterocycles. The van der Waals surface area contributed by atoms with Crippen molar-refractivity contribution >= 4 is 44.9 Å². The van der Waals surface area contributed by atoms with Crippen molar-refractivity contribution in [2.24, 2.45) is 0 Å². The number of anilines is 1. The summed E-state index contributed by atoms with van der Waals surface area (Å²) in [5.74, 6) is 0.226. The van der Waals surface area contributed by atoms with Crippen LogP contribution in [0.15, 0.2) is 11.4 Å². The Balaban J connectivity index is 1.75. The van der Waals surface area contributed by atoms with E-state index >= 15 is 0 Å². The third-order valence-corrected chi connectivity index (χ3v) is 5.77. The van der Waals surface area contributed by atoms with Gasteiger partial charge in [0, 0.05) is 10.3 Å². The molecule has 0 saturated heterocycles. The number of hydrogen-bond acceptors (Lipinski definition) is 6. The van der Waals surface area contributed by atoms with Gasteiger partial charge in [0.1, 0.15) is 16.2 Å². The summed E-state index contributed by atoms with van der Waals surface area (Å²) in [6.45, 7) is 7.89. The molecule has 23 heavy (non-hydrogen) atoms. The van der Waals surface area contributed by atoms with Gasteiger partial charge in [-0.25, -0.2) is 9.97 Å². The van der Waals surface area contributed by atoms with E-state index in [0.29, 0.717) is 5.75 Å². The van der Waals surface area contributed by atoms with E-state index in [2.05, 4.69) is 39.3 Å². The van der Waals surface area contributed by atoms with Crippen LogP contribution in [-0.4, -0.2) is 31.8 Å². The number of aromatic nitrogens is 4. The molecule has 0 unspecified atom stereocenters. The Bertz CT molecular complexity index is 864. The van der Waals surface area contributed by atoms with Crippen molar-refractivity contribution in [1.82, 2.24) is 20.2 Å². The highest BCUT2D eigenvalue weighted by Gasteiger charge is 2.15. The SMILES string of the molecule is Cc1n[nH]c(C)c1NC(=O)CSc1ncnc2sc(C)c(C)c12. The number of thiophene rings is 1. The molecule has 0 fully saturated rings. The summed E-state index contributed by atoms with van der Waals surface area (Å²) in [6.07, 6.45) is 1.56. The van der Waals surface area contributed by atoms with Crippen molar-refractivity contribution < 1.29 is 4.79 Å². The van der Waals surface area contributed by atoms with Gasteiger partial charge in [0.2, 0.25) is 5.91 Å². The average molecular weight is 347 g/mol. The van der Waals surface area contributed by atoms with E-state index in [9.17, 15) is 4.79 Å². The molecule has 0 bridgehead atoms. The monoisotopic (exact) mass is 347 g/mol. The summed E-state index contributed by atoms with van der Waals surface area (Å²) >= 11 is 3.09. The fraction of sp³-hybridized carbons (Fsp3) is 0.333. The maximum absolute atomic E-state index is 12.2. The number of fused-ring (bicyclic) bond motifs is 1. The number of nitrogens with zero attached hydrogens (tertiary/aromatic N) is 3. The Morgan fingerprint density at radius 3 is 2.78 bits per heavy atom. The van der Waals surface area contributed by atoms with Crippen molar-refractivity contribution in [3.63, 3.8) is 0 Å². The topological polar surface area (TPSA) is 83.6 Å². The van der Waals surface area contributed by atoms with Gasteiger partial charge in [-0.3, -0.25) is 9.89 Å². The lowest BCUT2D eigenvalue weighted by Gasteiger charge is -2.06. The van der Waals surface area contributed by atoms with Gasteiger partial charge in [-0.2, -0.15) is 5.10 Å². The van der Waals surface area contributed by atoms with Gasteiger partial charge in [0.15, 0.2) is 0 Å². The first-order valence-electron chi connectivity index (χ1n) is 7.12. The molecule has 2 N–H and O–H groups in total. The van der Waals surface area contributed by atoms with Gasteiger partial charge in [0.25, 0.3) is 0 Å². The summed E-state index contributed by atoms with van der Waals surface area (Å²) in [5.41, 5.74) is 3.59. The Hall–Kier alpha value is -1.93. The number of carbonyl (C=O) groups is 1. The van der Waals surface area contributed by atoms with Crippen LogP contribution in [0.3, 0.4) is 0 Å². The Morgan fingerprint density at radius 2 is 2.09 bits per heavy atom. The molecular weight excluding hydrogens is 330 g/mol. The highest BCUT2D eigenvalue weighted by molar-refractivity contribution is 8.00. The van der Waals surface area contributed by atoms with Crippen LogP contribution in [0.25, 0.3) is 10.2 Å². The normalized spacial score (nSPS) is 11.1. The van der Waals surface area contributed by atoms with Crippen molar-refractivity contribution in [2.45, 2.75) is 32.7 Å². The van der Waals surface area contributed by atoms with E-state index in [-0.39, 0.29) is 5.91 Å². The number of hydrogen-bond donors (Lipinski definition) is 2. The van der Waals surface area contributed by atoms with Gasteiger partial charge >= 0.3 is 0 Å². The molecule has 1 amide bonds. The lowest BCUT2D eigenvalue weighted by atomic mass is 10.2. The number of rotatable bonds is 4. The van der Waals surface area contributed by atoms with Gasteiger partial charge in [-0.1, -0.05) is 11.8 Å². The highest BCUT2D eigenvalue weighted by atomic mass is 32.2. The lowest BCUT2D eigenvalue weighted by Crippen LogP contribution is -2.15. The summed E-state index contributed by atoms with van der Waals surface area (Å²) in [4.78, 5) is 23.1. The maximum Gasteiger partial charge on any atom is 0.234 e. The van der Waals surface area contributed by atoms with E-state index < -0.39 is 0 Å². The molecule has 120 valence electrons. The van der Waals surface area contributed by atoms with E-state index in [1.807, 2.05) is 13.8 Å². The zero-order valence-electron chi connectivity index (χ0n) is 13.4. The molecule has 6 nitrogen and oxygen atoms in total. The first-order valence-corrected chi connectivity index (χ1v) is 8.92. The third-order valence-electron chi connectivity index (χ3n) is 3.66. The average Bonchev–Trinajstić information content (AvgIpc) is 2.99. The van der Waals surface area contributed by atoms with Crippen LogP contribution in [0.5, 0.6) is 0 Å². The summed E-state index contributed by atoms with van der Waals surface area (Å²) in [5, 5.41) is 11.8. The van der Waals surface area contributed by atoms with Crippen LogP contribution in [-0.2, 0) is 4.79 Å². The Morgan fingerprint density at radius 1 is 1.30 bits per heavy atom. The smallest absolute Gasteiger partial charge is 0.234 e. The summed E-state index contributed by atoms with van der Waals surface area (Å²) in [6, 6.07) is 0. The number of amides is 1. The first kappa shape index (κ1) is 15.9. The minimum atomic E-state index is -0.0704. The molecule has 3 aromatic heterocycles. The molecule has 0 saturated carbocycles. The zero-order valence-corrected chi connectivity index (χ0v) is 15.0. The standard InChI is InChI=1S/C15H17N5OS2/c1-7-10(4)23-15-12(7)14(16-6-17-15)22-5-11(21)18-13-8(2)19-20-9(13)3/h6H,5H2,1-4H3,(H,18,21)(H,19,20). The van der Waals surface area contributed by atoms with Crippen molar-refractivity contribution in [1.29, 1.82) is 0 Å². The summed E-state index contributed by atoms with van der Waals surface area (Å²) in [7, 11) is 0. The van der Waals surface area contributed by atoms with Crippen LogP contribution >= 0.6 is 23.1 Å². The van der Waals surface area contributed by atoms with Crippen molar-refractivity contribution in [3.05, 3.63) is 28.2 Å². The minimum absolute atomic E-state index is 0.0704. The molecule has 0 aliphatic carbocycles. The number of nitrogens with one attached hydrogen (secondary N) is 2. The van der Waals surface area contributed by atoms with Crippen LogP contribution in [0.1, 0.15) is 21.8 Å². The van der Waals surface area contributed by atoms with Gasteiger partial charge in [-0.15, -0.1) is 11.3 Å². The van der Waals surface area contributed by atoms with E-state index in [4.69, 9.17) is 0 Å². The second-order valence-corrected chi connectivity index (χ2v) is 7.46. The molecule has 0 spiro atoms. The summed E-state index contributed by atoms with van der Waals surface area (Å²) < 4.78 is 0. The Kier molecular flexibility index (Phi) is 4.36. The van der Waals surface area contributed by atoms with E-state index in [1.165, 1.54) is 22.2 Å². The number of H-pyrrole nitrogens is 1. The van der Waals surface area contributed by atoms with Gasteiger partial charge in [0.05, 0.1) is 22.8 Å². The third kappa shape index (κ3) is 3.09. The maximum atomic E-state index is 12.2. The van der Waals surface area contributed by atoms with Crippen LogP contribution in [0.4, 0.5) is 5.69 Å². The molecule has 0 aliphatic heterocycles. The van der Waals surface area contributed by atoms with Gasteiger partial charge in [-0.05, 0) is 33.3 Å². The molecule has 3 rings (SSSR count). The second kappa shape index (κ2) is 6.29. The number of aryl methyl sites for hydroxylation is 4. The lowest BCUT2D eigenvalue weighted by molar-refractivity contribution is -0.113. The predicted octanol–water partition coefficient (Wildman–Crippen LogP) is 3.38. The quantitative estimate of drug-likeness (QED) is 0.558. The number of carbonyl (C=O) groups excluding carboxylic acids is 1. The molecule has 0 radical (unpaired) electrons. The fourth-order valence-corrected chi connectivity index (χ4v) is 4.22. The van der Waals surface area contributed by atoms with E-state index in [1.54, 1.807) is 17.7 Å². The largest absolute Gasteiger partial charge is 0.322 e. The number of aromatic amines is 1. The molecule has 0 atom stereocenters. The molecule has 0 aromatic carbocycles. The minimum Gasteiger partial charge on any atom is -0.322 e. The molecule has 0 aliphatic rings. The van der Waals surface area contributed by atoms with Crippen molar-refractivity contribution in [3.8, 4) is 0 Å². The predicted molar refractivity (Wildman–Crippen MR) is 94.3 cm³/mol. The molecule has 3 aromatic rings. The number of thioether (sulfide) groups is 1. The van der Waals surface area contributed by atoms with Crippen LogP contribution in [0, 0.1) is 27.7 Å². The molecular formula is C15H17N5OS2. The zero-order chi connectivity index (χ0) is 16.6.